The van der Waals surface area contributed by atoms with Crippen molar-refractivity contribution in [2.75, 3.05) is 7.11 Å². The lowest BCUT2D eigenvalue weighted by Crippen LogP contribution is -2.31. The summed E-state index contributed by atoms with van der Waals surface area (Å²) < 4.78 is 6.19. The molecule has 6 nitrogen and oxygen atoms in total. The highest BCUT2D eigenvalue weighted by Crippen LogP contribution is 2.27. The Kier molecular flexibility index (Phi) is 3.47. The highest BCUT2D eigenvalue weighted by Gasteiger charge is 2.08. The van der Waals surface area contributed by atoms with Gasteiger partial charge in [0.1, 0.15) is 11.9 Å². The van der Waals surface area contributed by atoms with Crippen molar-refractivity contribution in [2.45, 2.75) is 6.54 Å². The van der Waals surface area contributed by atoms with E-state index in [0.29, 0.717) is 16.3 Å². The number of H-pyrrole nitrogens is 1. The number of ether oxygens (including phenoxy) is 1. The smallest absolute Gasteiger partial charge is 0.345 e. The lowest BCUT2D eigenvalue weighted by atomic mass is 10.2. The maximum Gasteiger partial charge on any atom is 0.345 e. The number of halogens is 1. The number of nitrogens with zero attached hydrogens (tertiary/aromatic N) is 2. The summed E-state index contributed by atoms with van der Waals surface area (Å²) in [5.41, 5.74) is -0.438. The molecule has 18 heavy (non-hydrogen) atoms. The van der Waals surface area contributed by atoms with Crippen molar-refractivity contribution in [3.63, 3.8) is 0 Å². The third kappa shape index (κ3) is 2.43. The maximum atomic E-state index is 11.5. The number of hydrogen-bond donors (Lipinski definition) is 1. The standard InChI is InChI=1S/C11H10ClN3O3/c1-18-8-4-2-3-7(10(8)12)6-15-11(17)14-9(16)5-13-15/h2-5H,6H2,1H3,(H,14,16,17). The zero-order valence-electron chi connectivity index (χ0n) is 9.51. The zero-order valence-corrected chi connectivity index (χ0v) is 10.3. The van der Waals surface area contributed by atoms with Gasteiger partial charge in [0.25, 0.3) is 5.56 Å². The van der Waals surface area contributed by atoms with E-state index in [2.05, 4.69) is 10.1 Å². The molecule has 0 atom stereocenters. The fourth-order valence-electron chi connectivity index (χ4n) is 1.49. The van der Waals surface area contributed by atoms with Gasteiger partial charge in [-0.3, -0.25) is 9.78 Å². The van der Waals surface area contributed by atoms with E-state index < -0.39 is 11.2 Å². The van der Waals surface area contributed by atoms with Gasteiger partial charge in [0.15, 0.2) is 0 Å². The van der Waals surface area contributed by atoms with Crippen LogP contribution >= 0.6 is 11.6 Å². The second kappa shape index (κ2) is 5.05. The van der Waals surface area contributed by atoms with Crippen molar-refractivity contribution in [3.05, 3.63) is 55.8 Å². The van der Waals surface area contributed by atoms with Crippen LogP contribution in [0.25, 0.3) is 0 Å². The van der Waals surface area contributed by atoms with E-state index in [1.807, 2.05) is 0 Å². The van der Waals surface area contributed by atoms with Gasteiger partial charge < -0.3 is 4.74 Å². The minimum absolute atomic E-state index is 0.158. The van der Waals surface area contributed by atoms with E-state index in [4.69, 9.17) is 16.3 Å². The Morgan fingerprint density at radius 3 is 2.89 bits per heavy atom. The number of aromatic nitrogens is 3. The van der Waals surface area contributed by atoms with Crippen molar-refractivity contribution in [2.24, 2.45) is 0 Å². The molecule has 0 amide bonds. The summed E-state index contributed by atoms with van der Waals surface area (Å²) >= 11 is 6.10. The van der Waals surface area contributed by atoms with Gasteiger partial charge in [-0.1, -0.05) is 23.7 Å². The molecule has 0 fully saturated rings. The fraction of sp³-hybridized carbons (Fsp3) is 0.182. The van der Waals surface area contributed by atoms with Crippen LogP contribution in [0.4, 0.5) is 0 Å². The molecular formula is C11H10ClN3O3. The molecule has 0 radical (unpaired) electrons. The fourth-order valence-corrected chi connectivity index (χ4v) is 1.75. The first-order chi connectivity index (χ1) is 8.61. The van der Waals surface area contributed by atoms with Crippen LogP contribution in [0.2, 0.25) is 5.02 Å². The summed E-state index contributed by atoms with van der Waals surface area (Å²) in [4.78, 5) is 24.5. The van der Waals surface area contributed by atoms with E-state index in [-0.39, 0.29) is 6.54 Å². The Hall–Kier alpha value is -2.08. The number of benzene rings is 1. The SMILES string of the molecule is COc1cccc(Cn2ncc(=O)[nH]c2=O)c1Cl. The van der Waals surface area contributed by atoms with Gasteiger partial charge in [-0.05, 0) is 11.6 Å². The Bertz CT molecular complexity index is 678. The van der Waals surface area contributed by atoms with Crippen LogP contribution in [0.3, 0.4) is 0 Å². The molecule has 0 bridgehead atoms. The second-order valence-electron chi connectivity index (χ2n) is 3.53. The predicted octanol–water partition coefficient (Wildman–Crippen LogP) is 0.642. The highest BCUT2D eigenvalue weighted by molar-refractivity contribution is 6.32. The second-order valence-corrected chi connectivity index (χ2v) is 3.91. The van der Waals surface area contributed by atoms with Crippen LogP contribution in [-0.2, 0) is 6.54 Å². The third-order valence-electron chi connectivity index (χ3n) is 2.36. The molecular weight excluding hydrogens is 258 g/mol. The van der Waals surface area contributed by atoms with Gasteiger partial charge in [0.05, 0.1) is 18.7 Å². The van der Waals surface area contributed by atoms with Crippen LogP contribution in [0.1, 0.15) is 5.56 Å². The molecule has 0 saturated heterocycles. The largest absolute Gasteiger partial charge is 0.495 e. The van der Waals surface area contributed by atoms with Gasteiger partial charge in [-0.25, -0.2) is 9.48 Å². The van der Waals surface area contributed by atoms with Gasteiger partial charge in [0, 0.05) is 0 Å². The molecule has 0 spiro atoms. The first kappa shape index (κ1) is 12.4. The Labute approximate surface area is 107 Å². The van der Waals surface area contributed by atoms with E-state index >= 15 is 0 Å². The number of hydrogen-bond acceptors (Lipinski definition) is 4. The summed E-state index contributed by atoms with van der Waals surface area (Å²) in [7, 11) is 1.51. The molecule has 1 aromatic heterocycles. The van der Waals surface area contributed by atoms with Crippen molar-refractivity contribution in [3.8, 4) is 5.75 Å². The van der Waals surface area contributed by atoms with Gasteiger partial charge >= 0.3 is 5.69 Å². The maximum absolute atomic E-state index is 11.5. The van der Waals surface area contributed by atoms with Crippen LogP contribution in [0, 0.1) is 0 Å². The quantitative estimate of drug-likeness (QED) is 0.885. The van der Waals surface area contributed by atoms with Gasteiger partial charge in [-0.2, -0.15) is 5.10 Å². The molecule has 0 unspecified atom stereocenters. The first-order valence-electron chi connectivity index (χ1n) is 5.09. The average molecular weight is 268 g/mol. The zero-order chi connectivity index (χ0) is 13.1. The summed E-state index contributed by atoms with van der Waals surface area (Å²) in [6.45, 7) is 0.158. The highest BCUT2D eigenvalue weighted by atomic mass is 35.5. The molecule has 1 N–H and O–H groups in total. The van der Waals surface area contributed by atoms with Crippen molar-refractivity contribution in [1.82, 2.24) is 14.8 Å². The molecule has 1 aromatic carbocycles. The minimum Gasteiger partial charge on any atom is -0.495 e. The Balaban J connectivity index is 2.40. The average Bonchev–Trinajstić information content (AvgIpc) is 2.35. The third-order valence-corrected chi connectivity index (χ3v) is 2.79. The van der Waals surface area contributed by atoms with Gasteiger partial charge in [-0.15, -0.1) is 0 Å². The number of methoxy groups -OCH3 is 1. The van der Waals surface area contributed by atoms with Crippen LogP contribution in [0.15, 0.2) is 34.0 Å². The van der Waals surface area contributed by atoms with E-state index in [1.165, 1.54) is 7.11 Å². The number of nitrogens with one attached hydrogen (secondary N) is 1. The van der Waals surface area contributed by atoms with E-state index in [0.717, 1.165) is 10.9 Å². The molecule has 2 aromatic rings. The van der Waals surface area contributed by atoms with Crippen molar-refractivity contribution < 1.29 is 4.74 Å². The van der Waals surface area contributed by atoms with E-state index in [1.54, 1.807) is 18.2 Å². The van der Waals surface area contributed by atoms with Crippen LogP contribution < -0.4 is 16.0 Å². The summed E-state index contributed by atoms with van der Waals surface area (Å²) in [5, 5.41) is 4.15. The molecule has 0 saturated carbocycles. The van der Waals surface area contributed by atoms with Gasteiger partial charge in [0.2, 0.25) is 0 Å². The molecule has 0 aliphatic carbocycles. The minimum atomic E-state index is -0.582. The summed E-state index contributed by atoms with van der Waals surface area (Å²) in [5.74, 6) is 0.520. The summed E-state index contributed by atoms with van der Waals surface area (Å²) in [6, 6.07) is 5.23. The molecule has 0 aliphatic heterocycles. The van der Waals surface area contributed by atoms with Crippen molar-refractivity contribution in [1.29, 1.82) is 0 Å². The van der Waals surface area contributed by atoms with E-state index in [9.17, 15) is 9.59 Å². The summed E-state index contributed by atoms with van der Waals surface area (Å²) in [6.07, 6.45) is 1.04. The van der Waals surface area contributed by atoms with Crippen molar-refractivity contribution >= 4 is 11.6 Å². The Morgan fingerprint density at radius 1 is 1.44 bits per heavy atom. The Morgan fingerprint density at radius 2 is 2.22 bits per heavy atom. The molecule has 0 aliphatic rings. The topological polar surface area (TPSA) is 77.0 Å². The predicted molar refractivity (Wildman–Crippen MR) is 66.2 cm³/mol. The number of aromatic amines is 1. The normalized spacial score (nSPS) is 10.3. The lowest BCUT2D eigenvalue weighted by Gasteiger charge is -2.08. The van der Waals surface area contributed by atoms with Crippen LogP contribution in [-0.4, -0.2) is 21.9 Å². The molecule has 2 rings (SSSR count). The molecule has 7 heteroatoms. The first-order valence-corrected chi connectivity index (χ1v) is 5.47. The lowest BCUT2D eigenvalue weighted by molar-refractivity contribution is 0.414. The molecule has 94 valence electrons. The monoisotopic (exact) mass is 267 g/mol. The van der Waals surface area contributed by atoms with Crippen LogP contribution in [0.5, 0.6) is 5.75 Å². The molecule has 1 heterocycles. The number of rotatable bonds is 3.